The third-order valence-electron chi connectivity index (χ3n) is 3.34. The van der Waals surface area contributed by atoms with Crippen molar-refractivity contribution in [3.8, 4) is 0 Å². The first-order valence-corrected chi connectivity index (χ1v) is 7.43. The summed E-state index contributed by atoms with van der Waals surface area (Å²) in [7, 11) is 0. The molecule has 0 aliphatic carbocycles. The lowest BCUT2D eigenvalue weighted by Crippen LogP contribution is -2.67. The molecule has 2 heterocycles. The lowest BCUT2D eigenvalue weighted by atomic mass is 9.97. The van der Waals surface area contributed by atoms with E-state index in [4.69, 9.17) is 0 Å². The van der Waals surface area contributed by atoms with Gasteiger partial charge in [0.15, 0.2) is 0 Å². The Morgan fingerprint density at radius 1 is 0.600 bits per heavy atom. The van der Waals surface area contributed by atoms with Gasteiger partial charge >= 0.3 is 35.5 Å². The van der Waals surface area contributed by atoms with Crippen molar-refractivity contribution in [2.24, 2.45) is 0 Å². The Labute approximate surface area is 160 Å². The van der Waals surface area contributed by atoms with Crippen molar-refractivity contribution >= 4 is 23.7 Å². The highest BCUT2D eigenvalue weighted by atomic mass is 19.4. The maximum atomic E-state index is 13.8. The molecular formula is C14H8F8N6O2. The van der Waals surface area contributed by atoms with E-state index in [9.17, 15) is 44.7 Å². The summed E-state index contributed by atoms with van der Waals surface area (Å²) in [6.07, 6.45) is 3.49. The van der Waals surface area contributed by atoms with Crippen LogP contribution in [0, 0.1) is 0 Å². The molecule has 0 saturated heterocycles. The van der Waals surface area contributed by atoms with Gasteiger partial charge in [-0.2, -0.15) is 35.1 Å². The second-order valence-corrected chi connectivity index (χ2v) is 5.35. The Morgan fingerprint density at radius 2 is 0.867 bits per heavy atom. The van der Waals surface area contributed by atoms with E-state index in [1.165, 1.54) is 0 Å². The first-order valence-electron chi connectivity index (χ1n) is 7.43. The van der Waals surface area contributed by atoms with Gasteiger partial charge in [-0.1, -0.05) is 0 Å². The minimum absolute atomic E-state index is 0.873. The molecule has 0 saturated carbocycles. The number of nitrogens with zero attached hydrogens (tertiary/aromatic N) is 4. The Morgan fingerprint density at radius 3 is 1.13 bits per heavy atom. The molecule has 0 aromatic carbocycles. The molecular weight excluding hydrogens is 436 g/mol. The molecule has 0 aliphatic heterocycles. The van der Waals surface area contributed by atoms with Crippen LogP contribution in [0.4, 0.5) is 47.0 Å². The second-order valence-electron chi connectivity index (χ2n) is 5.35. The van der Waals surface area contributed by atoms with Gasteiger partial charge in [-0.15, -0.1) is 0 Å². The third kappa shape index (κ3) is 3.84. The fourth-order valence-corrected chi connectivity index (χ4v) is 1.77. The summed E-state index contributed by atoms with van der Waals surface area (Å²) in [5, 5.41) is 1.98. The van der Waals surface area contributed by atoms with Gasteiger partial charge in [-0.25, -0.2) is 19.9 Å². The van der Waals surface area contributed by atoms with Crippen molar-refractivity contribution in [3.05, 3.63) is 36.9 Å². The van der Waals surface area contributed by atoms with Gasteiger partial charge in [0.25, 0.3) is 0 Å². The number of carbonyl (C=O) groups excluding carboxylic acids is 2. The molecule has 2 amide bonds. The zero-order chi connectivity index (χ0) is 22.8. The standard InChI is InChI=1S/C14H8F8N6O2/c15-11(16,7(29)27-9-23-3-1-4-24-9)13(19,20)14(21,22)12(17,18)8(30)28-10-25-5-2-6-26-10/h1-6H,(H,23,24,27,29)(H,25,26,28,30). The smallest absolute Gasteiger partial charge is 0.289 e. The fraction of sp³-hybridized carbons (Fsp3) is 0.286. The summed E-state index contributed by atoms with van der Waals surface area (Å²) in [6, 6.07) is 2.26. The number of hydrogen-bond acceptors (Lipinski definition) is 6. The van der Waals surface area contributed by atoms with Crippen LogP contribution in [0.2, 0.25) is 0 Å². The Kier molecular flexibility index (Phi) is 5.90. The van der Waals surface area contributed by atoms with Crippen LogP contribution in [-0.4, -0.2) is 55.4 Å². The first kappa shape index (κ1) is 22.8. The van der Waals surface area contributed by atoms with Gasteiger partial charge in [0.2, 0.25) is 11.9 Å². The van der Waals surface area contributed by atoms with Crippen molar-refractivity contribution in [1.29, 1.82) is 0 Å². The number of rotatable bonds is 7. The van der Waals surface area contributed by atoms with Gasteiger partial charge in [0.05, 0.1) is 0 Å². The Hall–Kier alpha value is -3.46. The lowest BCUT2D eigenvalue weighted by molar-refractivity contribution is -0.345. The van der Waals surface area contributed by atoms with Gasteiger partial charge < -0.3 is 0 Å². The maximum absolute atomic E-state index is 13.8. The number of amides is 2. The van der Waals surface area contributed by atoms with Crippen molar-refractivity contribution in [1.82, 2.24) is 19.9 Å². The minimum atomic E-state index is -7.03. The molecule has 2 aromatic heterocycles. The van der Waals surface area contributed by atoms with Crippen LogP contribution in [0.25, 0.3) is 0 Å². The highest BCUT2D eigenvalue weighted by Gasteiger charge is 2.84. The van der Waals surface area contributed by atoms with Crippen LogP contribution in [0.3, 0.4) is 0 Å². The van der Waals surface area contributed by atoms with E-state index in [0.29, 0.717) is 0 Å². The van der Waals surface area contributed by atoms with E-state index in [1.54, 1.807) is 0 Å². The molecule has 2 N–H and O–H groups in total. The van der Waals surface area contributed by atoms with Crippen LogP contribution < -0.4 is 10.6 Å². The van der Waals surface area contributed by atoms with E-state index >= 15 is 0 Å². The number of alkyl halides is 8. The van der Waals surface area contributed by atoms with E-state index in [-0.39, 0.29) is 0 Å². The second kappa shape index (κ2) is 7.75. The van der Waals surface area contributed by atoms with E-state index in [0.717, 1.165) is 47.6 Å². The predicted octanol–water partition coefficient (Wildman–Crippen LogP) is 2.38. The number of carbonyl (C=O) groups is 2. The van der Waals surface area contributed by atoms with E-state index in [2.05, 4.69) is 19.9 Å². The molecule has 2 aromatic rings. The summed E-state index contributed by atoms with van der Waals surface area (Å²) in [4.78, 5) is 35.5. The number of hydrogen-bond donors (Lipinski definition) is 2. The van der Waals surface area contributed by atoms with Crippen LogP contribution in [0.15, 0.2) is 36.9 Å². The molecule has 16 heteroatoms. The average Bonchev–Trinajstić information content (AvgIpc) is 2.69. The quantitative estimate of drug-likeness (QED) is 0.635. The van der Waals surface area contributed by atoms with E-state index < -0.39 is 47.4 Å². The summed E-state index contributed by atoms with van der Waals surface area (Å²) < 4.78 is 111. The zero-order valence-corrected chi connectivity index (χ0v) is 14.1. The van der Waals surface area contributed by atoms with E-state index in [1.807, 2.05) is 0 Å². The van der Waals surface area contributed by atoms with Crippen molar-refractivity contribution in [2.75, 3.05) is 10.6 Å². The average molecular weight is 444 g/mol. The van der Waals surface area contributed by atoms with Gasteiger partial charge in [-0.05, 0) is 12.1 Å². The topological polar surface area (TPSA) is 110 Å². The highest BCUT2D eigenvalue weighted by molar-refractivity contribution is 5.97. The molecule has 0 unspecified atom stereocenters. The van der Waals surface area contributed by atoms with Gasteiger partial charge in [0.1, 0.15) is 0 Å². The molecule has 0 fully saturated rings. The molecule has 8 nitrogen and oxygen atoms in total. The molecule has 0 radical (unpaired) electrons. The summed E-state index contributed by atoms with van der Waals surface area (Å²) in [5.41, 5.74) is 0. The molecule has 30 heavy (non-hydrogen) atoms. The Bertz CT molecular complexity index is 838. The minimum Gasteiger partial charge on any atom is -0.289 e. The number of nitrogens with one attached hydrogen (secondary N) is 2. The summed E-state index contributed by atoms with van der Waals surface area (Å²) in [5.74, 6) is -35.1. The maximum Gasteiger partial charge on any atom is 0.393 e. The fourth-order valence-electron chi connectivity index (χ4n) is 1.77. The van der Waals surface area contributed by atoms with Crippen LogP contribution >= 0.6 is 0 Å². The number of halogens is 8. The number of anilines is 2. The predicted molar refractivity (Wildman–Crippen MR) is 81.1 cm³/mol. The van der Waals surface area contributed by atoms with Gasteiger partial charge in [0, 0.05) is 24.8 Å². The third-order valence-corrected chi connectivity index (χ3v) is 3.34. The zero-order valence-electron chi connectivity index (χ0n) is 14.1. The van der Waals surface area contributed by atoms with Crippen LogP contribution in [0.1, 0.15) is 0 Å². The monoisotopic (exact) mass is 444 g/mol. The molecule has 2 rings (SSSR count). The molecule has 0 aliphatic rings. The van der Waals surface area contributed by atoms with Crippen molar-refractivity contribution in [2.45, 2.75) is 23.7 Å². The van der Waals surface area contributed by atoms with Crippen molar-refractivity contribution in [3.63, 3.8) is 0 Å². The van der Waals surface area contributed by atoms with Crippen LogP contribution in [0.5, 0.6) is 0 Å². The van der Waals surface area contributed by atoms with Crippen LogP contribution in [-0.2, 0) is 9.59 Å². The highest BCUT2D eigenvalue weighted by Crippen LogP contribution is 2.53. The summed E-state index contributed by atoms with van der Waals surface area (Å²) in [6.45, 7) is 0. The van der Waals surface area contributed by atoms with Gasteiger partial charge in [-0.3, -0.25) is 20.2 Å². The first-order chi connectivity index (χ1) is 13.7. The summed E-state index contributed by atoms with van der Waals surface area (Å²) >= 11 is 0. The molecule has 0 spiro atoms. The Balaban J connectivity index is 2.31. The van der Waals surface area contributed by atoms with Crippen molar-refractivity contribution < 1.29 is 44.7 Å². The molecule has 162 valence electrons. The molecule has 0 atom stereocenters. The number of aromatic nitrogens is 4. The lowest BCUT2D eigenvalue weighted by Gasteiger charge is -2.35. The largest absolute Gasteiger partial charge is 0.393 e. The molecule has 0 bridgehead atoms. The normalized spacial score (nSPS) is 12.9. The SMILES string of the molecule is O=C(Nc1ncccn1)C(F)(F)C(F)(F)C(F)(F)C(F)(F)C(=O)Nc1ncccn1.